The molecule has 0 saturated heterocycles. The van der Waals surface area contributed by atoms with Crippen LogP contribution in [0.4, 0.5) is 21.9 Å². The minimum atomic E-state index is -0.531. The van der Waals surface area contributed by atoms with Gasteiger partial charge in [0.2, 0.25) is 5.91 Å². The molecule has 6 heteroatoms. The SMILES string of the molecule is COC(=O)Nc1cccc(NCC(=O)N2c3ccccc3CCC2C)c1. The van der Waals surface area contributed by atoms with Crippen LogP contribution in [0.5, 0.6) is 0 Å². The summed E-state index contributed by atoms with van der Waals surface area (Å²) in [6, 6.07) is 15.4. The van der Waals surface area contributed by atoms with Crippen LogP contribution in [0.3, 0.4) is 0 Å². The van der Waals surface area contributed by atoms with E-state index in [4.69, 9.17) is 0 Å². The van der Waals surface area contributed by atoms with Gasteiger partial charge in [-0.05, 0) is 49.6 Å². The summed E-state index contributed by atoms with van der Waals surface area (Å²) in [5.74, 6) is 0.0241. The molecule has 0 aliphatic carbocycles. The number of nitrogens with zero attached hydrogens (tertiary/aromatic N) is 1. The average Bonchev–Trinajstić information content (AvgIpc) is 2.66. The summed E-state index contributed by atoms with van der Waals surface area (Å²) in [4.78, 5) is 26.0. The van der Waals surface area contributed by atoms with E-state index in [0.29, 0.717) is 5.69 Å². The molecule has 0 spiro atoms. The van der Waals surface area contributed by atoms with Gasteiger partial charge in [0.25, 0.3) is 0 Å². The number of aryl methyl sites for hydroxylation is 1. The number of anilines is 3. The Morgan fingerprint density at radius 1 is 1.15 bits per heavy atom. The van der Waals surface area contributed by atoms with Crippen LogP contribution in [0.1, 0.15) is 18.9 Å². The number of hydrogen-bond acceptors (Lipinski definition) is 4. The summed E-state index contributed by atoms with van der Waals surface area (Å²) in [7, 11) is 1.31. The van der Waals surface area contributed by atoms with Crippen LogP contribution in [0, 0.1) is 0 Å². The highest BCUT2D eigenvalue weighted by Crippen LogP contribution is 2.30. The maximum atomic E-state index is 12.8. The molecule has 2 amide bonds. The average molecular weight is 353 g/mol. The van der Waals surface area contributed by atoms with Crippen LogP contribution in [0.15, 0.2) is 48.5 Å². The Hall–Kier alpha value is -3.02. The van der Waals surface area contributed by atoms with Gasteiger partial charge in [0.05, 0.1) is 13.7 Å². The van der Waals surface area contributed by atoms with E-state index in [1.54, 1.807) is 18.2 Å². The molecule has 0 fully saturated rings. The fourth-order valence-corrected chi connectivity index (χ4v) is 3.21. The minimum Gasteiger partial charge on any atom is -0.453 e. The van der Waals surface area contributed by atoms with Crippen molar-refractivity contribution in [3.05, 3.63) is 54.1 Å². The smallest absolute Gasteiger partial charge is 0.411 e. The van der Waals surface area contributed by atoms with E-state index in [1.165, 1.54) is 12.7 Å². The van der Waals surface area contributed by atoms with Crippen molar-refractivity contribution in [3.8, 4) is 0 Å². The standard InChI is InChI=1S/C20H23N3O3/c1-14-10-11-15-6-3-4-9-18(15)23(14)19(24)13-21-16-7-5-8-17(12-16)22-20(25)26-2/h3-9,12,14,21H,10-11,13H2,1-2H3,(H,22,25). The van der Waals surface area contributed by atoms with Gasteiger partial charge in [0.15, 0.2) is 0 Å². The van der Waals surface area contributed by atoms with E-state index in [9.17, 15) is 9.59 Å². The number of ether oxygens (including phenoxy) is 1. The number of fused-ring (bicyclic) bond motifs is 1. The zero-order chi connectivity index (χ0) is 18.5. The summed E-state index contributed by atoms with van der Waals surface area (Å²) in [6.07, 6.45) is 1.42. The van der Waals surface area contributed by atoms with E-state index in [0.717, 1.165) is 24.2 Å². The van der Waals surface area contributed by atoms with Crippen LogP contribution in [-0.4, -0.2) is 31.7 Å². The van der Waals surface area contributed by atoms with Gasteiger partial charge in [0, 0.05) is 23.1 Å². The molecule has 26 heavy (non-hydrogen) atoms. The third-order valence-electron chi connectivity index (χ3n) is 4.53. The zero-order valence-electron chi connectivity index (χ0n) is 15.0. The molecule has 0 radical (unpaired) electrons. The Balaban J connectivity index is 1.68. The number of amides is 2. The Kier molecular flexibility index (Phi) is 5.41. The number of hydrogen-bond donors (Lipinski definition) is 2. The lowest BCUT2D eigenvalue weighted by Gasteiger charge is -2.35. The molecule has 2 aromatic rings. The Morgan fingerprint density at radius 2 is 1.92 bits per heavy atom. The Labute approximate surface area is 153 Å². The lowest BCUT2D eigenvalue weighted by atomic mass is 9.96. The Morgan fingerprint density at radius 3 is 2.73 bits per heavy atom. The molecule has 0 bridgehead atoms. The lowest BCUT2D eigenvalue weighted by Crippen LogP contribution is -2.44. The molecular weight excluding hydrogens is 330 g/mol. The zero-order valence-corrected chi connectivity index (χ0v) is 15.0. The summed E-state index contributed by atoms with van der Waals surface area (Å²) in [5, 5.41) is 5.75. The van der Waals surface area contributed by atoms with Crippen molar-refractivity contribution < 1.29 is 14.3 Å². The second-order valence-corrected chi connectivity index (χ2v) is 6.33. The largest absolute Gasteiger partial charge is 0.453 e. The van der Waals surface area contributed by atoms with Crippen molar-refractivity contribution in [2.75, 3.05) is 29.2 Å². The molecule has 1 atom stereocenters. The Bertz CT molecular complexity index is 806. The van der Waals surface area contributed by atoms with Crippen molar-refractivity contribution in [1.82, 2.24) is 0 Å². The first kappa shape index (κ1) is 17.8. The van der Waals surface area contributed by atoms with Crippen molar-refractivity contribution in [1.29, 1.82) is 0 Å². The normalized spacial score (nSPS) is 15.8. The predicted molar refractivity (Wildman–Crippen MR) is 103 cm³/mol. The highest BCUT2D eigenvalue weighted by molar-refractivity contribution is 5.98. The van der Waals surface area contributed by atoms with E-state index in [2.05, 4.69) is 28.4 Å². The molecule has 1 heterocycles. The first-order chi connectivity index (χ1) is 12.6. The second-order valence-electron chi connectivity index (χ2n) is 6.33. The lowest BCUT2D eigenvalue weighted by molar-refractivity contribution is -0.117. The van der Waals surface area contributed by atoms with Gasteiger partial charge in [-0.15, -0.1) is 0 Å². The number of carbonyl (C=O) groups is 2. The fraction of sp³-hybridized carbons (Fsp3) is 0.300. The predicted octanol–water partition coefficient (Wildman–Crippen LogP) is 3.64. The van der Waals surface area contributed by atoms with Crippen LogP contribution in [0.2, 0.25) is 0 Å². The third-order valence-corrected chi connectivity index (χ3v) is 4.53. The quantitative estimate of drug-likeness (QED) is 0.880. The van der Waals surface area contributed by atoms with Gasteiger partial charge in [-0.1, -0.05) is 24.3 Å². The van der Waals surface area contributed by atoms with Gasteiger partial charge >= 0.3 is 6.09 Å². The molecule has 0 aromatic heterocycles. The fourth-order valence-electron chi connectivity index (χ4n) is 3.21. The number of rotatable bonds is 4. The van der Waals surface area contributed by atoms with Crippen LogP contribution in [-0.2, 0) is 16.0 Å². The van der Waals surface area contributed by atoms with Crippen molar-refractivity contribution in [2.24, 2.45) is 0 Å². The summed E-state index contributed by atoms with van der Waals surface area (Å²) >= 11 is 0. The molecule has 2 N–H and O–H groups in total. The molecule has 3 rings (SSSR count). The van der Waals surface area contributed by atoms with Crippen LogP contribution >= 0.6 is 0 Å². The second kappa shape index (κ2) is 7.91. The highest BCUT2D eigenvalue weighted by atomic mass is 16.5. The summed E-state index contributed by atoms with van der Waals surface area (Å²) in [6.45, 7) is 2.26. The molecule has 1 unspecified atom stereocenters. The van der Waals surface area contributed by atoms with Crippen LogP contribution in [0.25, 0.3) is 0 Å². The molecule has 6 nitrogen and oxygen atoms in total. The third kappa shape index (κ3) is 3.96. The topological polar surface area (TPSA) is 70.7 Å². The number of methoxy groups -OCH3 is 1. The van der Waals surface area contributed by atoms with E-state index < -0.39 is 6.09 Å². The molecule has 1 aliphatic heterocycles. The van der Waals surface area contributed by atoms with Gasteiger partial charge < -0.3 is 15.0 Å². The number of benzene rings is 2. The van der Waals surface area contributed by atoms with Crippen molar-refractivity contribution in [2.45, 2.75) is 25.8 Å². The maximum absolute atomic E-state index is 12.8. The van der Waals surface area contributed by atoms with Gasteiger partial charge in [-0.25, -0.2) is 4.79 Å². The van der Waals surface area contributed by atoms with Crippen LogP contribution < -0.4 is 15.5 Å². The first-order valence-electron chi connectivity index (χ1n) is 8.67. The monoisotopic (exact) mass is 353 g/mol. The first-order valence-corrected chi connectivity index (χ1v) is 8.67. The molecule has 136 valence electrons. The number of carbonyl (C=O) groups excluding carboxylic acids is 2. The number of para-hydroxylation sites is 1. The maximum Gasteiger partial charge on any atom is 0.411 e. The number of nitrogens with one attached hydrogen (secondary N) is 2. The molecule has 1 aliphatic rings. The molecule has 0 saturated carbocycles. The van der Waals surface area contributed by atoms with Crippen molar-refractivity contribution in [3.63, 3.8) is 0 Å². The molecular formula is C20H23N3O3. The van der Waals surface area contributed by atoms with E-state index in [1.807, 2.05) is 29.2 Å². The van der Waals surface area contributed by atoms with E-state index >= 15 is 0 Å². The minimum absolute atomic E-state index is 0.0241. The highest BCUT2D eigenvalue weighted by Gasteiger charge is 2.27. The molecule has 2 aromatic carbocycles. The van der Waals surface area contributed by atoms with Gasteiger partial charge in [-0.2, -0.15) is 0 Å². The van der Waals surface area contributed by atoms with Gasteiger partial charge in [0.1, 0.15) is 0 Å². The van der Waals surface area contributed by atoms with Crippen molar-refractivity contribution >= 4 is 29.1 Å². The summed E-state index contributed by atoms with van der Waals surface area (Å²) in [5.41, 5.74) is 3.57. The van der Waals surface area contributed by atoms with E-state index in [-0.39, 0.29) is 18.5 Å². The van der Waals surface area contributed by atoms with Gasteiger partial charge in [-0.3, -0.25) is 10.1 Å². The summed E-state index contributed by atoms with van der Waals surface area (Å²) < 4.78 is 4.59.